The molecule has 1 fully saturated rings. The molecule has 0 spiro atoms. The first-order valence-electron chi connectivity index (χ1n) is 7.08. The van der Waals surface area contributed by atoms with E-state index < -0.39 is 11.9 Å². The number of aliphatic carboxylic acids is 1. The average molecular weight is 270 g/mol. The van der Waals surface area contributed by atoms with Crippen molar-refractivity contribution in [2.24, 2.45) is 23.7 Å². The van der Waals surface area contributed by atoms with Crippen LogP contribution in [0.3, 0.4) is 0 Å². The fourth-order valence-corrected chi connectivity index (χ4v) is 2.36. The molecule has 1 saturated heterocycles. The summed E-state index contributed by atoms with van der Waals surface area (Å²) in [5.41, 5.74) is 0. The number of piperidine rings is 1. The molecule has 5 heteroatoms. The van der Waals surface area contributed by atoms with Gasteiger partial charge < -0.3 is 15.3 Å². The van der Waals surface area contributed by atoms with Gasteiger partial charge in [0.1, 0.15) is 0 Å². The molecule has 0 saturated carbocycles. The molecule has 1 aliphatic rings. The van der Waals surface area contributed by atoms with Crippen LogP contribution < -0.4 is 5.32 Å². The van der Waals surface area contributed by atoms with E-state index in [4.69, 9.17) is 5.11 Å². The first-order valence-corrected chi connectivity index (χ1v) is 7.08. The van der Waals surface area contributed by atoms with E-state index in [0.717, 1.165) is 19.5 Å². The molecule has 0 bridgehead atoms. The molecule has 5 nitrogen and oxygen atoms in total. The number of rotatable bonds is 4. The fourth-order valence-electron chi connectivity index (χ4n) is 2.36. The Labute approximate surface area is 115 Å². The Bertz CT molecular complexity index is 331. The minimum atomic E-state index is -0.851. The number of hydrogen-bond acceptors (Lipinski definition) is 2. The second-order valence-electron chi connectivity index (χ2n) is 6.06. The molecular weight excluding hydrogens is 244 g/mol. The largest absolute Gasteiger partial charge is 0.481 e. The highest BCUT2D eigenvalue weighted by molar-refractivity contribution is 5.76. The van der Waals surface area contributed by atoms with Crippen LogP contribution in [0.25, 0.3) is 0 Å². The Hall–Kier alpha value is -1.26. The molecule has 0 aliphatic carbocycles. The Morgan fingerprint density at radius 2 is 1.95 bits per heavy atom. The van der Waals surface area contributed by atoms with E-state index in [1.807, 2.05) is 13.8 Å². The van der Waals surface area contributed by atoms with E-state index in [0.29, 0.717) is 11.8 Å². The van der Waals surface area contributed by atoms with Crippen molar-refractivity contribution in [2.45, 2.75) is 34.1 Å². The number of carboxylic acids is 1. The van der Waals surface area contributed by atoms with Gasteiger partial charge in [-0.3, -0.25) is 4.79 Å². The van der Waals surface area contributed by atoms with Crippen molar-refractivity contribution in [2.75, 3.05) is 19.6 Å². The van der Waals surface area contributed by atoms with Crippen LogP contribution >= 0.6 is 0 Å². The first kappa shape index (κ1) is 15.8. The smallest absolute Gasteiger partial charge is 0.317 e. The minimum Gasteiger partial charge on any atom is -0.481 e. The maximum atomic E-state index is 12.0. The Balaban J connectivity index is 2.45. The van der Waals surface area contributed by atoms with Gasteiger partial charge in [0.15, 0.2) is 0 Å². The van der Waals surface area contributed by atoms with Crippen molar-refractivity contribution in [3.63, 3.8) is 0 Å². The number of carboxylic acid groups (broad SMARTS) is 1. The fraction of sp³-hybridized carbons (Fsp3) is 0.857. The van der Waals surface area contributed by atoms with E-state index in [1.165, 1.54) is 0 Å². The molecule has 0 aromatic rings. The Morgan fingerprint density at radius 3 is 2.42 bits per heavy atom. The van der Waals surface area contributed by atoms with Crippen LogP contribution in [0, 0.1) is 23.7 Å². The van der Waals surface area contributed by atoms with Crippen molar-refractivity contribution in [3.8, 4) is 0 Å². The summed E-state index contributed by atoms with van der Waals surface area (Å²) < 4.78 is 0. The third-order valence-electron chi connectivity index (χ3n) is 4.22. The van der Waals surface area contributed by atoms with Crippen LogP contribution in [0.5, 0.6) is 0 Å². The molecule has 1 rings (SSSR count). The van der Waals surface area contributed by atoms with Gasteiger partial charge in [0.05, 0.1) is 5.92 Å². The van der Waals surface area contributed by atoms with Crippen molar-refractivity contribution < 1.29 is 14.7 Å². The lowest BCUT2D eigenvalue weighted by Crippen LogP contribution is -2.48. The lowest BCUT2D eigenvalue weighted by atomic mass is 9.89. The number of carbonyl (C=O) groups is 2. The van der Waals surface area contributed by atoms with Gasteiger partial charge in [0, 0.05) is 19.6 Å². The minimum absolute atomic E-state index is 0.0121. The average Bonchev–Trinajstić information content (AvgIpc) is 2.31. The highest BCUT2D eigenvalue weighted by Gasteiger charge is 2.27. The second kappa shape index (κ2) is 6.78. The monoisotopic (exact) mass is 270 g/mol. The van der Waals surface area contributed by atoms with Gasteiger partial charge in [-0.25, -0.2) is 4.79 Å². The standard InChI is InChI=1S/C14H26N2O3/c1-9(2)12(13(17)18)7-15-14(19)16-6-5-10(3)11(4)8-16/h9-12H,5-8H2,1-4H3,(H,15,19)(H,17,18). The summed E-state index contributed by atoms with van der Waals surface area (Å²) in [6.45, 7) is 9.79. The Kier molecular flexibility index (Phi) is 5.63. The zero-order chi connectivity index (χ0) is 14.6. The molecule has 0 aromatic carbocycles. The molecule has 110 valence electrons. The number of nitrogens with zero attached hydrogens (tertiary/aromatic N) is 1. The molecular formula is C14H26N2O3. The molecule has 2 N–H and O–H groups in total. The zero-order valence-electron chi connectivity index (χ0n) is 12.3. The van der Waals surface area contributed by atoms with E-state index in [-0.39, 0.29) is 18.5 Å². The van der Waals surface area contributed by atoms with E-state index in [9.17, 15) is 9.59 Å². The highest BCUT2D eigenvalue weighted by Crippen LogP contribution is 2.22. The number of nitrogens with one attached hydrogen (secondary N) is 1. The van der Waals surface area contributed by atoms with Gasteiger partial charge in [-0.1, -0.05) is 27.7 Å². The van der Waals surface area contributed by atoms with Gasteiger partial charge in [0.2, 0.25) is 0 Å². The van der Waals surface area contributed by atoms with Gasteiger partial charge in [-0.15, -0.1) is 0 Å². The summed E-state index contributed by atoms with van der Waals surface area (Å²) >= 11 is 0. The van der Waals surface area contributed by atoms with Crippen molar-refractivity contribution >= 4 is 12.0 Å². The summed E-state index contributed by atoms with van der Waals surface area (Å²) in [5, 5.41) is 11.8. The molecule has 3 unspecified atom stereocenters. The maximum Gasteiger partial charge on any atom is 0.317 e. The molecule has 0 aromatic heterocycles. The SMILES string of the molecule is CC(C)C(CNC(=O)N1CCC(C)C(C)C1)C(=O)O. The van der Waals surface area contributed by atoms with E-state index in [2.05, 4.69) is 19.2 Å². The molecule has 3 atom stereocenters. The molecule has 0 radical (unpaired) electrons. The number of likely N-dealkylation sites (tertiary alicyclic amines) is 1. The first-order chi connectivity index (χ1) is 8.82. The quantitative estimate of drug-likeness (QED) is 0.821. The van der Waals surface area contributed by atoms with Gasteiger partial charge in [-0.2, -0.15) is 0 Å². The van der Waals surface area contributed by atoms with Gasteiger partial charge >= 0.3 is 12.0 Å². The number of hydrogen-bond donors (Lipinski definition) is 2. The second-order valence-corrected chi connectivity index (χ2v) is 6.06. The van der Waals surface area contributed by atoms with Crippen LogP contribution in [-0.2, 0) is 4.79 Å². The third kappa shape index (κ3) is 4.40. The summed E-state index contributed by atoms with van der Waals surface area (Å²) in [6.07, 6.45) is 1.02. The topological polar surface area (TPSA) is 69.6 Å². The van der Waals surface area contributed by atoms with Crippen LogP contribution in [0.15, 0.2) is 0 Å². The third-order valence-corrected chi connectivity index (χ3v) is 4.22. The van der Waals surface area contributed by atoms with Crippen LogP contribution in [-0.4, -0.2) is 41.6 Å². The Morgan fingerprint density at radius 1 is 1.32 bits per heavy atom. The number of amides is 2. The molecule has 1 aliphatic heterocycles. The normalized spacial score (nSPS) is 25.2. The lowest BCUT2D eigenvalue weighted by molar-refractivity contribution is -0.142. The highest BCUT2D eigenvalue weighted by atomic mass is 16.4. The summed E-state index contributed by atoms with van der Waals surface area (Å²) in [6, 6.07) is -0.134. The predicted octanol–water partition coefficient (Wildman–Crippen LogP) is 2.03. The van der Waals surface area contributed by atoms with Crippen LogP contribution in [0.4, 0.5) is 4.79 Å². The zero-order valence-corrected chi connectivity index (χ0v) is 12.3. The van der Waals surface area contributed by atoms with Crippen molar-refractivity contribution in [1.29, 1.82) is 0 Å². The number of urea groups is 1. The van der Waals surface area contributed by atoms with Crippen LogP contribution in [0.2, 0.25) is 0 Å². The molecule has 19 heavy (non-hydrogen) atoms. The summed E-state index contributed by atoms with van der Waals surface area (Å²) in [5.74, 6) is -0.217. The van der Waals surface area contributed by atoms with Crippen molar-refractivity contribution in [3.05, 3.63) is 0 Å². The van der Waals surface area contributed by atoms with Crippen molar-refractivity contribution in [1.82, 2.24) is 10.2 Å². The number of carbonyl (C=O) groups excluding carboxylic acids is 1. The van der Waals surface area contributed by atoms with Gasteiger partial charge in [0.25, 0.3) is 0 Å². The predicted molar refractivity (Wildman–Crippen MR) is 73.9 cm³/mol. The molecule has 1 heterocycles. The van der Waals surface area contributed by atoms with E-state index in [1.54, 1.807) is 4.90 Å². The van der Waals surface area contributed by atoms with Crippen LogP contribution in [0.1, 0.15) is 34.1 Å². The van der Waals surface area contributed by atoms with Gasteiger partial charge in [-0.05, 0) is 24.2 Å². The maximum absolute atomic E-state index is 12.0. The van der Waals surface area contributed by atoms with E-state index >= 15 is 0 Å². The lowest BCUT2D eigenvalue weighted by Gasteiger charge is -2.35. The summed E-state index contributed by atoms with van der Waals surface area (Å²) in [7, 11) is 0. The molecule has 2 amide bonds. The summed E-state index contributed by atoms with van der Waals surface area (Å²) in [4.78, 5) is 24.9.